The van der Waals surface area contributed by atoms with E-state index in [0.29, 0.717) is 35.5 Å². The zero-order chi connectivity index (χ0) is 17.7. The Balaban J connectivity index is 2.32. The van der Waals surface area contributed by atoms with Crippen LogP contribution in [0, 0.1) is 11.8 Å². The molecule has 0 saturated heterocycles. The molecule has 24 heavy (non-hydrogen) atoms. The van der Waals surface area contributed by atoms with Crippen LogP contribution in [0.3, 0.4) is 0 Å². The number of fused-ring (bicyclic) bond motifs is 1. The van der Waals surface area contributed by atoms with Gasteiger partial charge in [0.2, 0.25) is 0 Å². The van der Waals surface area contributed by atoms with Gasteiger partial charge in [0.05, 0.1) is 5.39 Å². The minimum absolute atomic E-state index is 0.143. The highest BCUT2D eigenvalue weighted by Gasteiger charge is 2.16. The van der Waals surface area contributed by atoms with E-state index in [4.69, 9.17) is 0 Å². The molecule has 0 bridgehead atoms. The molecule has 1 aromatic heterocycles. The van der Waals surface area contributed by atoms with E-state index in [2.05, 4.69) is 24.3 Å². The summed E-state index contributed by atoms with van der Waals surface area (Å²) in [5.41, 5.74) is 0.186. The van der Waals surface area contributed by atoms with Crippen molar-refractivity contribution in [2.45, 2.75) is 47.1 Å². The maximum absolute atomic E-state index is 12.6. The molecular formula is C19H27N3O2. The van der Waals surface area contributed by atoms with Crippen LogP contribution in [-0.4, -0.2) is 22.2 Å². The summed E-state index contributed by atoms with van der Waals surface area (Å²) in [7, 11) is 0. The van der Waals surface area contributed by atoms with Crippen molar-refractivity contribution in [2.24, 2.45) is 11.8 Å². The fraction of sp³-hybridized carbons (Fsp3) is 0.526. The first-order valence-electron chi connectivity index (χ1n) is 8.68. The van der Waals surface area contributed by atoms with Crippen LogP contribution in [0.1, 0.15) is 51.0 Å². The third-order valence-electron chi connectivity index (χ3n) is 3.86. The van der Waals surface area contributed by atoms with E-state index in [9.17, 15) is 9.59 Å². The Morgan fingerprint density at radius 1 is 1.12 bits per heavy atom. The van der Waals surface area contributed by atoms with Gasteiger partial charge >= 0.3 is 0 Å². The zero-order valence-corrected chi connectivity index (χ0v) is 15.0. The van der Waals surface area contributed by atoms with E-state index in [1.54, 1.807) is 12.1 Å². The number of nitrogens with zero attached hydrogens (tertiary/aromatic N) is 2. The molecule has 0 aliphatic rings. The Bertz CT molecular complexity index is 763. The average Bonchev–Trinajstić information content (AvgIpc) is 2.53. The maximum Gasteiger partial charge on any atom is 0.274 e. The first-order chi connectivity index (χ1) is 11.4. The molecule has 130 valence electrons. The number of benzene rings is 1. The van der Waals surface area contributed by atoms with Crippen LogP contribution in [0.15, 0.2) is 29.1 Å². The van der Waals surface area contributed by atoms with Crippen LogP contribution in [0.25, 0.3) is 10.8 Å². The fourth-order valence-electron chi connectivity index (χ4n) is 2.67. The second-order valence-electron chi connectivity index (χ2n) is 7.07. The molecule has 0 aliphatic carbocycles. The molecule has 2 aromatic rings. The summed E-state index contributed by atoms with van der Waals surface area (Å²) in [6, 6.07) is 7.18. The lowest BCUT2D eigenvalue weighted by molar-refractivity contribution is 0.0946. The van der Waals surface area contributed by atoms with Crippen molar-refractivity contribution < 1.29 is 4.79 Å². The van der Waals surface area contributed by atoms with Gasteiger partial charge in [0, 0.05) is 18.5 Å². The van der Waals surface area contributed by atoms with Gasteiger partial charge in [-0.3, -0.25) is 9.59 Å². The molecule has 1 aromatic carbocycles. The van der Waals surface area contributed by atoms with Gasteiger partial charge in [-0.1, -0.05) is 45.9 Å². The lowest BCUT2D eigenvalue weighted by Gasteiger charge is -2.13. The standard InChI is InChI=1S/C19H27N3O2/c1-13(2)8-7-11-20-18(23)17-15-9-5-6-10-16(15)19(24)22(21-17)12-14(3)4/h5-6,9-10,13-14H,7-8,11-12H2,1-4H3,(H,20,23). The first-order valence-corrected chi connectivity index (χ1v) is 8.68. The third-order valence-corrected chi connectivity index (χ3v) is 3.86. The predicted octanol–water partition coefficient (Wildman–Crippen LogP) is 3.22. The van der Waals surface area contributed by atoms with E-state index >= 15 is 0 Å². The normalized spacial score (nSPS) is 11.4. The summed E-state index contributed by atoms with van der Waals surface area (Å²) >= 11 is 0. The number of amides is 1. The summed E-state index contributed by atoms with van der Waals surface area (Å²) in [5, 5.41) is 8.43. The smallest absolute Gasteiger partial charge is 0.274 e. The lowest BCUT2D eigenvalue weighted by Crippen LogP contribution is -2.32. The molecule has 0 spiro atoms. The van der Waals surface area contributed by atoms with Crippen LogP contribution >= 0.6 is 0 Å². The minimum Gasteiger partial charge on any atom is -0.351 e. The average molecular weight is 329 g/mol. The van der Waals surface area contributed by atoms with Crippen LogP contribution in [0.5, 0.6) is 0 Å². The highest BCUT2D eigenvalue weighted by molar-refractivity contribution is 6.04. The lowest BCUT2D eigenvalue weighted by atomic mass is 10.1. The summed E-state index contributed by atoms with van der Waals surface area (Å²) < 4.78 is 1.41. The SMILES string of the molecule is CC(C)CCCNC(=O)c1nn(CC(C)C)c(=O)c2ccccc12. The number of rotatable bonds is 7. The largest absolute Gasteiger partial charge is 0.351 e. The van der Waals surface area contributed by atoms with Gasteiger partial charge < -0.3 is 5.32 Å². The number of nitrogens with one attached hydrogen (secondary N) is 1. The molecule has 0 aliphatic heterocycles. The molecule has 1 N–H and O–H groups in total. The number of aromatic nitrogens is 2. The molecule has 1 heterocycles. The highest BCUT2D eigenvalue weighted by atomic mass is 16.2. The van der Waals surface area contributed by atoms with Crippen molar-refractivity contribution in [1.82, 2.24) is 15.1 Å². The van der Waals surface area contributed by atoms with Gasteiger partial charge in [-0.15, -0.1) is 0 Å². The van der Waals surface area contributed by atoms with Crippen LogP contribution in [0.4, 0.5) is 0 Å². The van der Waals surface area contributed by atoms with Crippen molar-refractivity contribution >= 4 is 16.7 Å². The molecule has 2 rings (SSSR count). The van der Waals surface area contributed by atoms with Crippen molar-refractivity contribution in [1.29, 1.82) is 0 Å². The molecule has 0 saturated carbocycles. The number of carbonyl (C=O) groups is 1. The van der Waals surface area contributed by atoms with Crippen LogP contribution in [-0.2, 0) is 6.54 Å². The second-order valence-corrected chi connectivity index (χ2v) is 7.07. The molecule has 5 nitrogen and oxygen atoms in total. The summed E-state index contributed by atoms with van der Waals surface area (Å²) in [4.78, 5) is 25.1. The van der Waals surface area contributed by atoms with E-state index in [-0.39, 0.29) is 17.4 Å². The van der Waals surface area contributed by atoms with Gasteiger partial charge in [-0.2, -0.15) is 5.10 Å². The third kappa shape index (κ3) is 4.43. The van der Waals surface area contributed by atoms with Gasteiger partial charge in [0.15, 0.2) is 5.69 Å². The molecule has 0 radical (unpaired) electrons. The van der Waals surface area contributed by atoms with Crippen molar-refractivity contribution in [3.63, 3.8) is 0 Å². The molecule has 1 amide bonds. The van der Waals surface area contributed by atoms with Crippen molar-refractivity contribution in [2.75, 3.05) is 6.54 Å². The molecular weight excluding hydrogens is 302 g/mol. The molecule has 0 fully saturated rings. The summed E-state index contributed by atoms with van der Waals surface area (Å²) in [6.45, 7) is 9.49. The van der Waals surface area contributed by atoms with Gasteiger partial charge in [0.1, 0.15) is 0 Å². The monoisotopic (exact) mass is 329 g/mol. The van der Waals surface area contributed by atoms with E-state index in [0.717, 1.165) is 12.8 Å². The van der Waals surface area contributed by atoms with E-state index in [1.807, 2.05) is 26.0 Å². The Morgan fingerprint density at radius 3 is 2.42 bits per heavy atom. The van der Waals surface area contributed by atoms with Gasteiger partial charge in [-0.05, 0) is 30.7 Å². The predicted molar refractivity (Wildman–Crippen MR) is 97.2 cm³/mol. The molecule has 0 atom stereocenters. The number of carbonyl (C=O) groups excluding carboxylic acids is 1. The Hall–Kier alpha value is -2.17. The summed E-state index contributed by atoms with van der Waals surface area (Å²) in [5.74, 6) is 0.680. The van der Waals surface area contributed by atoms with Gasteiger partial charge in [0.25, 0.3) is 11.5 Å². The first kappa shape index (κ1) is 18.2. The van der Waals surface area contributed by atoms with Crippen molar-refractivity contribution in [3.8, 4) is 0 Å². The fourth-order valence-corrected chi connectivity index (χ4v) is 2.67. The Labute approximate surface area is 143 Å². The van der Waals surface area contributed by atoms with Crippen LogP contribution < -0.4 is 10.9 Å². The second kappa shape index (κ2) is 8.08. The van der Waals surface area contributed by atoms with Crippen LogP contribution in [0.2, 0.25) is 0 Å². The summed E-state index contributed by atoms with van der Waals surface area (Å²) in [6.07, 6.45) is 2.01. The Kier molecular flexibility index (Phi) is 6.12. The maximum atomic E-state index is 12.6. The van der Waals surface area contributed by atoms with Crippen molar-refractivity contribution in [3.05, 3.63) is 40.3 Å². The van der Waals surface area contributed by atoms with E-state index in [1.165, 1.54) is 4.68 Å². The number of hydrogen-bond donors (Lipinski definition) is 1. The van der Waals surface area contributed by atoms with E-state index < -0.39 is 0 Å². The highest BCUT2D eigenvalue weighted by Crippen LogP contribution is 2.14. The topological polar surface area (TPSA) is 64.0 Å². The molecule has 0 unspecified atom stereocenters. The Morgan fingerprint density at radius 2 is 1.79 bits per heavy atom. The van der Waals surface area contributed by atoms with Gasteiger partial charge in [-0.25, -0.2) is 4.68 Å². The minimum atomic E-state index is -0.215. The number of hydrogen-bond acceptors (Lipinski definition) is 3. The quantitative estimate of drug-likeness (QED) is 0.793. The molecule has 5 heteroatoms. The zero-order valence-electron chi connectivity index (χ0n) is 15.0.